The Kier molecular flexibility index (Phi) is 5.49. The quantitative estimate of drug-likeness (QED) is 0.438. The van der Waals surface area contributed by atoms with E-state index in [2.05, 4.69) is 42.0 Å². The van der Waals surface area contributed by atoms with Gasteiger partial charge in [0, 0.05) is 27.8 Å². The van der Waals surface area contributed by atoms with Crippen molar-refractivity contribution in [1.82, 2.24) is 0 Å². The van der Waals surface area contributed by atoms with Crippen LogP contribution in [0.1, 0.15) is 67.4 Å². The second-order valence-electron chi connectivity index (χ2n) is 9.70. The number of nitrogens with one attached hydrogen (secondary N) is 1. The fraction of sp³-hybridized carbons (Fsp3) is 0.480. The van der Waals surface area contributed by atoms with Gasteiger partial charge in [0.05, 0.1) is 7.11 Å². The fourth-order valence-corrected chi connectivity index (χ4v) is 6.42. The largest absolute Gasteiger partial charge is 0.508 e. The molecule has 4 rings (SSSR count). The van der Waals surface area contributed by atoms with Gasteiger partial charge in [-0.05, 0) is 72.3 Å². The minimum Gasteiger partial charge on any atom is -0.508 e. The fourth-order valence-electron chi connectivity index (χ4n) is 6.01. The van der Waals surface area contributed by atoms with Crippen molar-refractivity contribution in [3.8, 4) is 11.5 Å². The van der Waals surface area contributed by atoms with E-state index in [9.17, 15) is 15.0 Å². The van der Waals surface area contributed by atoms with Gasteiger partial charge in [-0.25, -0.2) is 4.79 Å². The number of anilines is 1. The maximum atomic E-state index is 11.9. The molecule has 2 bridgehead atoms. The molecule has 6 heteroatoms. The third kappa shape index (κ3) is 3.39. The molecule has 2 aliphatic carbocycles. The molecule has 3 atom stereocenters. The molecule has 0 amide bonds. The van der Waals surface area contributed by atoms with Gasteiger partial charge in [0.25, 0.3) is 0 Å². The topological polar surface area (TPSA) is 78.8 Å². The van der Waals surface area contributed by atoms with Crippen molar-refractivity contribution >= 4 is 27.6 Å². The van der Waals surface area contributed by atoms with Gasteiger partial charge in [-0.2, -0.15) is 0 Å². The minimum absolute atomic E-state index is 0.0659. The summed E-state index contributed by atoms with van der Waals surface area (Å²) >= 11 is 3.46. The van der Waals surface area contributed by atoms with Crippen LogP contribution in [0.5, 0.6) is 11.5 Å². The summed E-state index contributed by atoms with van der Waals surface area (Å²) < 4.78 is 6.62. The molecule has 2 aromatic carbocycles. The van der Waals surface area contributed by atoms with Crippen LogP contribution in [0.2, 0.25) is 0 Å². The SMILES string of the molecule is COc1c(C(=O)O)ccc(NCc2cc(Br)ccc2O)c1C1CC2CCC1(C)C2(C)C. The first kappa shape index (κ1) is 22.0. The summed E-state index contributed by atoms with van der Waals surface area (Å²) in [6, 6.07) is 8.79. The normalized spacial score (nSPS) is 26.1. The second-order valence-corrected chi connectivity index (χ2v) is 10.6. The number of benzene rings is 2. The Bertz CT molecular complexity index is 1030. The Morgan fingerprint density at radius 3 is 2.58 bits per heavy atom. The van der Waals surface area contributed by atoms with Gasteiger partial charge in [-0.15, -0.1) is 0 Å². The number of carbonyl (C=O) groups is 1. The number of hydrogen-bond donors (Lipinski definition) is 3. The molecule has 2 fully saturated rings. The van der Waals surface area contributed by atoms with Crippen LogP contribution in [0.25, 0.3) is 0 Å². The lowest BCUT2D eigenvalue weighted by Crippen LogP contribution is -2.32. The number of carboxylic acids is 1. The highest BCUT2D eigenvalue weighted by molar-refractivity contribution is 9.10. The Hall–Kier alpha value is -2.21. The van der Waals surface area contributed by atoms with Gasteiger partial charge in [0.2, 0.25) is 0 Å². The summed E-state index contributed by atoms with van der Waals surface area (Å²) in [6.45, 7) is 7.47. The van der Waals surface area contributed by atoms with Crippen LogP contribution in [0.3, 0.4) is 0 Å². The smallest absolute Gasteiger partial charge is 0.339 e. The van der Waals surface area contributed by atoms with Crippen molar-refractivity contribution < 1.29 is 19.7 Å². The number of aromatic hydroxyl groups is 1. The molecular formula is C25H30BrNO4. The first-order valence-electron chi connectivity index (χ1n) is 10.8. The molecule has 0 aliphatic heterocycles. The number of carboxylic acid groups (broad SMARTS) is 1. The zero-order valence-corrected chi connectivity index (χ0v) is 20.0. The molecule has 0 radical (unpaired) electrons. The van der Waals surface area contributed by atoms with Crippen LogP contribution in [0.15, 0.2) is 34.8 Å². The molecule has 2 aromatic rings. The predicted molar refractivity (Wildman–Crippen MR) is 125 cm³/mol. The summed E-state index contributed by atoms with van der Waals surface area (Å²) in [5.74, 6) is 0.503. The van der Waals surface area contributed by atoms with Crippen molar-refractivity contribution in [3.05, 3.63) is 51.5 Å². The first-order chi connectivity index (χ1) is 14.6. The number of phenols is 1. The molecule has 3 unspecified atom stereocenters. The Morgan fingerprint density at radius 2 is 2.00 bits per heavy atom. The lowest BCUT2D eigenvalue weighted by molar-refractivity contribution is 0.0692. The Morgan fingerprint density at radius 1 is 1.26 bits per heavy atom. The third-order valence-electron chi connectivity index (χ3n) is 8.28. The first-order valence-corrected chi connectivity index (χ1v) is 11.5. The van der Waals surface area contributed by atoms with E-state index in [1.165, 1.54) is 6.42 Å². The third-order valence-corrected chi connectivity index (χ3v) is 8.78. The van der Waals surface area contributed by atoms with E-state index < -0.39 is 5.97 Å². The van der Waals surface area contributed by atoms with Crippen LogP contribution in [0, 0.1) is 16.7 Å². The summed E-state index contributed by atoms with van der Waals surface area (Å²) in [6.07, 6.45) is 3.37. The average Bonchev–Trinajstić information content (AvgIpc) is 3.06. The minimum atomic E-state index is -0.984. The summed E-state index contributed by atoms with van der Waals surface area (Å²) in [5, 5.41) is 23.5. The van der Waals surface area contributed by atoms with Gasteiger partial charge in [0.15, 0.2) is 0 Å². The zero-order valence-electron chi connectivity index (χ0n) is 18.5. The molecule has 3 N–H and O–H groups in total. The molecule has 2 aliphatic rings. The molecule has 31 heavy (non-hydrogen) atoms. The molecular weight excluding hydrogens is 458 g/mol. The molecule has 5 nitrogen and oxygen atoms in total. The second kappa shape index (κ2) is 7.73. The molecule has 0 spiro atoms. The number of rotatable bonds is 6. The Balaban J connectivity index is 1.79. The van der Waals surface area contributed by atoms with Gasteiger partial charge in [-0.3, -0.25) is 0 Å². The van der Waals surface area contributed by atoms with Gasteiger partial charge < -0.3 is 20.3 Å². The predicted octanol–water partition coefficient (Wildman–Crippen LogP) is 6.40. The van der Waals surface area contributed by atoms with Crippen LogP contribution < -0.4 is 10.1 Å². The van der Waals surface area contributed by atoms with Crippen molar-refractivity contribution in [2.24, 2.45) is 16.7 Å². The molecule has 0 aromatic heterocycles. The molecule has 2 saturated carbocycles. The average molecular weight is 488 g/mol. The van der Waals surface area contributed by atoms with E-state index in [1.54, 1.807) is 25.3 Å². The maximum Gasteiger partial charge on any atom is 0.339 e. The number of phenolic OH excluding ortho intramolecular Hbond substituents is 1. The number of hydrogen-bond acceptors (Lipinski definition) is 4. The highest BCUT2D eigenvalue weighted by Gasteiger charge is 2.62. The number of methoxy groups -OCH3 is 1. The van der Waals surface area contributed by atoms with Crippen molar-refractivity contribution in [3.63, 3.8) is 0 Å². The summed E-state index contributed by atoms with van der Waals surface area (Å²) in [5.41, 5.74) is 3.03. The van der Waals surface area contributed by atoms with Crippen molar-refractivity contribution in [2.45, 2.75) is 52.5 Å². The number of aromatic carboxylic acids is 1. The summed E-state index contributed by atoms with van der Waals surface area (Å²) in [4.78, 5) is 11.9. The lowest BCUT2D eigenvalue weighted by Gasteiger charge is -2.40. The number of halogens is 1. The van der Waals surface area contributed by atoms with E-state index in [1.807, 2.05) is 12.1 Å². The molecule has 166 valence electrons. The van der Waals surface area contributed by atoms with E-state index in [0.717, 1.165) is 34.1 Å². The van der Waals surface area contributed by atoms with Gasteiger partial charge >= 0.3 is 5.97 Å². The summed E-state index contributed by atoms with van der Waals surface area (Å²) in [7, 11) is 1.55. The Labute approximate surface area is 192 Å². The lowest BCUT2D eigenvalue weighted by atomic mass is 9.64. The van der Waals surface area contributed by atoms with E-state index in [4.69, 9.17) is 4.74 Å². The van der Waals surface area contributed by atoms with E-state index >= 15 is 0 Å². The van der Waals surface area contributed by atoms with Gasteiger partial charge in [0.1, 0.15) is 17.1 Å². The highest BCUT2D eigenvalue weighted by atomic mass is 79.9. The monoisotopic (exact) mass is 487 g/mol. The number of fused-ring (bicyclic) bond motifs is 2. The van der Waals surface area contributed by atoms with Crippen LogP contribution in [0.4, 0.5) is 5.69 Å². The molecule has 0 saturated heterocycles. The molecule has 0 heterocycles. The zero-order chi connectivity index (χ0) is 22.6. The van der Waals surface area contributed by atoms with Crippen LogP contribution in [-0.2, 0) is 6.54 Å². The maximum absolute atomic E-state index is 11.9. The van der Waals surface area contributed by atoms with E-state index in [0.29, 0.717) is 18.2 Å². The van der Waals surface area contributed by atoms with Gasteiger partial charge in [-0.1, -0.05) is 36.7 Å². The van der Waals surface area contributed by atoms with Crippen LogP contribution in [-0.4, -0.2) is 23.3 Å². The number of ether oxygens (including phenoxy) is 1. The van der Waals surface area contributed by atoms with Crippen LogP contribution >= 0.6 is 15.9 Å². The van der Waals surface area contributed by atoms with E-state index in [-0.39, 0.29) is 28.1 Å². The van der Waals surface area contributed by atoms with Crippen molar-refractivity contribution in [2.75, 3.05) is 12.4 Å². The standard InChI is InChI=1S/C25H30BrNO4/c1-24(2)15-9-10-25(24,3)18(12-15)21-19(7-6-17(23(29)30)22(21)31-4)27-13-14-11-16(26)5-8-20(14)28/h5-8,11,15,18,27-28H,9-10,12-13H2,1-4H3,(H,29,30). The highest BCUT2D eigenvalue weighted by Crippen LogP contribution is 2.72. The van der Waals surface area contributed by atoms with Crippen molar-refractivity contribution in [1.29, 1.82) is 0 Å².